The van der Waals surface area contributed by atoms with E-state index < -0.39 is 11.7 Å². The molecule has 5 rings (SSSR count). The zero-order valence-electron chi connectivity index (χ0n) is 19.3. The van der Waals surface area contributed by atoms with Gasteiger partial charge in [0, 0.05) is 49.5 Å². The van der Waals surface area contributed by atoms with E-state index in [1.54, 1.807) is 53.4 Å². The van der Waals surface area contributed by atoms with Gasteiger partial charge in [-0.3, -0.25) is 24.2 Å². The lowest BCUT2D eigenvalue weighted by atomic mass is 10.1. The third-order valence-corrected chi connectivity index (χ3v) is 6.17. The fourth-order valence-electron chi connectivity index (χ4n) is 4.26. The Kier molecular flexibility index (Phi) is 6.27. The van der Waals surface area contributed by atoms with Crippen molar-refractivity contribution >= 4 is 40.1 Å². The molecule has 9 nitrogen and oxygen atoms in total. The average Bonchev–Trinajstić information content (AvgIpc) is 3.38. The van der Waals surface area contributed by atoms with E-state index >= 15 is 0 Å². The molecular formula is C27H23N5O4. The minimum Gasteiger partial charge on any atom is -0.359 e. The number of para-hydroxylation sites is 1. The Hall–Kier alpha value is -4.79. The summed E-state index contributed by atoms with van der Waals surface area (Å²) in [7, 11) is 0. The van der Waals surface area contributed by atoms with E-state index in [9.17, 15) is 19.2 Å². The molecule has 4 aromatic rings. The van der Waals surface area contributed by atoms with Crippen LogP contribution in [0.15, 0.2) is 79.1 Å². The first-order chi connectivity index (χ1) is 17.5. The van der Waals surface area contributed by atoms with Gasteiger partial charge >= 0.3 is 0 Å². The van der Waals surface area contributed by atoms with Gasteiger partial charge in [-0.2, -0.15) is 0 Å². The SMILES string of the molecule is O=C(Nc1cccc2c(C(=O)C(=O)N3CCN(C(=O)c4ccccc4)CC3)c[nH]c12)c1ccccn1. The van der Waals surface area contributed by atoms with Crippen molar-refractivity contribution in [2.75, 3.05) is 31.5 Å². The Balaban J connectivity index is 1.28. The van der Waals surface area contributed by atoms with Gasteiger partial charge in [-0.05, 0) is 30.3 Å². The quantitative estimate of drug-likeness (QED) is 0.336. The highest BCUT2D eigenvalue weighted by Gasteiger charge is 2.30. The van der Waals surface area contributed by atoms with Gasteiger partial charge < -0.3 is 20.1 Å². The van der Waals surface area contributed by atoms with Crippen LogP contribution in [-0.4, -0.2) is 69.5 Å². The summed E-state index contributed by atoms with van der Waals surface area (Å²) in [6.45, 7) is 1.25. The second kappa shape index (κ2) is 9.83. The molecule has 0 bridgehead atoms. The Morgan fingerprint density at radius 2 is 1.53 bits per heavy atom. The topological polar surface area (TPSA) is 115 Å². The standard InChI is InChI=1S/C27H23N5O4/c33-24(27(36)32-15-13-31(14-16-32)26(35)18-7-2-1-3-8-18)20-17-29-23-19(20)9-6-11-21(23)30-25(34)22-10-4-5-12-28-22/h1-12,17,29H,13-16H2,(H,30,34). The van der Waals surface area contributed by atoms with Gasteiger partial charge in [0.25, 0.3) is 23.5 Å². The summed E-state index contributed by atoms with van der Waals surface area (Å²) in [4.78, 5) is 61.6. The van der Waals surface area contributed by atoms with Crippen LogP contribution < -0.4 is 5.32 Å². The molecule has 3 amide bonds. The summed E-state index contributed by atoms with van der Waals surface area (Å²) in [5, 5.41) is 3.33. The van der Waals surface area contributed by atoms with Crippen molar-refractivity contribution in [1.82, 2.24) is 19.8 Å². The van der Waals surface area contributed by atoms with Crippen LogP contribution in [0.5, 0.6) is 0 Å². The zero-order valence-corrected chi connectivity index (χ0v) is 19.3. The first-order valence-corrected chi connectivity index (χ1v) is 11.5. The molecule has 0 spiro atoms. The monoisotopic (exact) mass is 481 g/mol. The highest BCUT2D eigenvalue weighted by atomic mass is 16.2. The number of benzene rings is 2. The van der Waals surface area contributed by atoms with Crippen LogP contribution in [0.4, 0.5) is 5.69 Å². The van der Waals surface area contributed by atoms with Crippen molar-refractivity contribution in [3.63, 3.8) is 0 Å². The zero-order chi connectivity index (χ0) is 25.1. The Morgan fingerprint density at radius 3 is 2.25 bits per heavy atom. The second-order valence-electron chi connectivity index (χ2n) is 8.38. The number of aromatic nitrogens is 2. The number of hydrogen-bond acceptors (Lipinski definition) is 5. The molecule has 2 N–H and O–H groups in total. The van der Waals surface area contributed by atoms with Crippen LogP contribution in [0.25, 0.3) is 10.9 Å². The molecule has 0 aliphatic carbocycles. The number of pyridine rings is 1. The summed E-state index contributed by atoms with van der Waals surface area (Å²) in [5.41, 5.74) is 2.10. The molecule has 9 heteroatoms. The number of nitrogens with zero attached hydrogens (tertiary/aromatic N) is 3. The van der Waals surface area contributed by atoms with Gasteiger partial charge in [-0.25, -0.2) is 0 Å². The number of carbonyl (C=O) groups excluding carboxylic acids is 4. The molecule has 1 aliphatic rings. The summed E-state index contributed by atoms with van der Waals surface area (Å²) >= 11 is 0. The van der Waals surface area contributed by atoms with E-state index in [1.165, 1.54) is 17.3 Å². The number of aromatic amines is 1. The van der Waals surface area contributed by atoms with E-state index in [4.69, 9.17) is 0 Å². The summed E-state index contributed by atoms with van der Waals surface area (Å²) in [5.74, 6) is -1.74. The van der Waals surface area contributed by atoms with Crippen molar-refractivity contribution < 1.29 is 19.2 Å². The molecule has 180 valence electrons. The molecule has 2 aromatic heterocycles. The lowest BCUT2D eigenvalue weighted by Gasteiger charge is -2.34. The highest BCUT2D eigenvalue weighted by molar-refractivity contribution is 6.45. The van der Waals surface area contributed by atoms with Crippen molar-refractivity contribution in [1.29, 1.82) is 0 Å². The summed E-state index contributed by atoms with van der Waals surface area (Å²) < 4.78 is 0. The van der Waals surface area contributed by atoms with Crippen LogP contribution in [0.1, 0.15) is 31.2 Å². The van der Waals surface area contributed by atoms with Gasteiger partial charge in [-0.15, -0.1) is 0 Å². The van der Waals surface area contributed by atoms with Gasteiger partial charge in [0.2, 0.25) is 0 Å². The van der Waals surface area contributed by atoms with Gasteiger partial charge in [-0.1, -0.05) is 36.4 Å². The fraction of sp³-hybridized carbons (Fsp3) is 0.148. The highest BCUT2D eigenvalue weighted by Crippen LogP contribution is 2.26. The normalized spacial score (nSPS) is 13.4. The van der Waals surface area contributed by atoms with E-state index in [2.05, 4.69) is 15.3 Å². The molecule has 1 fully saturated rings. The minimum absolute atomic E-state index is 0.0917. The fourth-order valence-corrected chi connectivity index (χ4v) is 4.26. The van der Waals surface area contributed by atoms with Crippen LogP contribution >= 0.6 is 0 Å². The largest absolute Gasteiger partial charge is 0.359 e. The maximum absolute atomic E-state index is 13.1. The van der Waals surface area contributed by atoms with Crippen molar-refractivity contribution in [3.8, 4) is 0 Å². The summed E-state index contributed by atoms with van der Waals surface area (Å²) in [6, 6.07) is 19.2. The van der Waals surface area contributed by atoms with Crippen molar-refractivity contribution in [2.24, 2.45) is 0 Å². The predicted octanol–water partition coefficient (Wildman–Crippen LogP) is 2.98. The predicted molar refractivity (Wildman–Crippen MR) is 134 cm³/mol. The molecular weight excluding hydrogens is 458 g/mol. The van der Waals surface area contributed by atoms with Crippen LogP contribution in [0.3, 0.4) is 0 Å². The molecule has 1 aliphatic heterocycles. The molecule has 1 saturated heterocycles. The Labute approximate surface area is 206 Å². The smallest absolute Gasteiger partial charge is 0.295 e. The summed E-state index contributed by atoms with van der Waals surface area (Å²) in [6.07, 6.45) is 3.01. The van der Waals surface area contributed by atoms with Gasteiger partial charge in [0.05, 0.1) is 16.8 Å². The van der Waals surface area contributed by atoms with E-state index in [0.29, 0.717) is 35.2 Å². The molecule has 0 unspecified atom stereocenters. The van der Waals surface area contributed by atoms with E-state index in [1.807, 2.05) is 18.2 Å². The molecule has 0 atom stereocenters. The Bertz CT molecular complexity index is 1440. The van der Waals surface area contributed by atoms with E-state index in [0.717, 1.165) is 0 Å². The number of H-pyrrole nitrogens is 1. The third-order valence-electron chi connectivity index (χ3n) is 6.17. The number of Topliss-reactive ketones (excluding diaryl/α,β-unsaturated/α-hetero) is 1. The van der Waals surface area contributed by atoms with Crippen LogP contribution in [0.2, 0.25) is 0 Å². The lowest BCUT2D eigenvalue weighted by Crippen LogP contribution is -2.52. The van der Waals surface area contributed by atoms with Crippen molar-refractivity contribution in [3.05, 3.63) is 95.9 Å². The third kappa shape index (κ3) is 4.46. The first kappa shape index (κ1) is 23.0. The number of amides is 3. The number of piperazine rings is 1. The lowest BCUT2D eigenvalue weighted by molar-refractivity contribution is -0.127. The molecule has 3 heterocycles. The maximum atomic E-state index is 13.1. The second-order valence-corrected chi connectivity index (χ2v) is 8.38. The number of hydrogen-bond donors (Lipinski definition) is 2. The van der Waals surface area contributed by atoms with Crippen molar-refractivity contribution in [2.45, 2.75) is 0 Å². The minimum atomic E-state index is -0.641. The molecule has 36 heavy (non-hydrogen) atoms. The molecule has 0 saturated carbocycles. The van der Waals surface area contributed by atoms with Gasteiger partial charge in [0.15, 0.2) is 0 Å². The van der Waals surface area contributed by atoms with Crippen LogP contribution in [0, 0.1) is 0 Å². The maximum Gasteiger partial charge on any atom is 0.295 e. The van der Waals surface area contributed by atoms with E-state index in [-0.39, 0.29) is 36.2 Å². The number of rotatable bonds is 5. The number of carbonyl (C=O) groups is 4. The number of fused-ring (bicyclic) bond motifs is 1. The first-order valence-electron chi connectivity index (χ1n) is 11.5. The Morgan fingerprint density at radius 1 is 0.806 bits per heavy atom. The van der Waals surface area contributed by atoms with Crippen LogP contribution in [-0.2, 0) is 4.79 Å². The molecule has 0 radical (unpaired) electrons. The average molecular weight is 482 g/mol. The number of anilines is 1. The molecule has 2 aromatic carbocycles. The van der Waals surface area contributed by atoms with Gasteiger partial charge in [0.1, 0.15) is 5.69 Å². The number of ketones is 1. The number of nitrogens with one attached hydrogen (secondary N) is 2.